The Kier molecular flexibility index (Phi) is 4.01. The molecular weight excluding hydrogens is 206 g/mol. The first kappa shape index (κ1) is 12.4. The zero-order chi connectivity index (χ0) is 12.3. The van der Waals surface area contributed by atoms with Gasteiger partial charge in [-0.15, -0.1) is 0 Å². The van der Waals surface area contributed by atoms with Crippen molar-refractivity contribution in [2.45, 2.75) is 19.4 Å². The van der Waals surface area contributed by atoms with E-state index in [2.05, 4.69) is 74.5 Å². The molecule has 0 aromatic rings. The molecule has 1 heteroatoms. The lowest BCUT2D eigenvalue weighted by molar-refractivity contribution is 0.213. The van der Waals surface area contributed by atoms with Crippen LogP contribution >= 0.6 is 0 Å². The Morgan fingerprint density at radius 1 is 0.882 bits per heavy atom. The Balaban J connectivity index is 1.97. The summed E-state index contributed by atoms with van der Waals surface area (Å²) >= 11 is 0. The van der Waals surface area contributed by atoms with Crippen LogP contribution in [0.1, 0.15) is 13.3 Å². The Labute approximate surface area is 105 Å². The molecule has 0 unspecified atom stereocenters. The van der Waals surface area contributed by atoms with E-state index in [0.717, 1.165) is 0 Å². The topological polar surface area (TPSA) is 3.24 Å². The fourth-order valence-electron chi connectivity index (χ4n) is 2.78. The second kappa shape index (κ2) is 5.50. The van der Waals surface area contributed by atoms with Gasteiger partial charge in [0.2, 0.25) is 0 Å². The molecule has 0 amide bonds. The van der Waals surface area contributed by atoms with Gasteiger partial charge in [0, 0.05) is 12.0 Å². The summed E-state index contributed by atoms with van der Waals surface area (Å²) in [5.74, 6) is 1.92. The highest BCUT2D eigenvalue weighted by Crippen LogP contribution is 2.29. The van der Waals surface area contributed by atoms with E-state index in [9.17, 15) is 0 Å². The average Bonchev–Trinajstić information content (AvgIpc) is 2.97. The number of nitrogens with zero attached hydrogens (tertiary/aromatic N) is 1. The van der Waals surface area contributed by atoms with E-state index in [-0.39, 0.29) is 0 Å². The quantitative estimate of drug-likeness (QED) is 0.698. The highest BCUT2D eigenvalue weighted by Gasteiger charge is 2.25. The van der Waals surface area contributed by atoms with Gasteiger partial charge in [-0.1, -0.05) is 55.5 Å². The fourth-order valence-corrected chi connectivity index (χ4v) is 2.78. The lowest BCUT2D eigenvalue weighted by Crippen LogP contribution is -2.35. The van der Waals surface area contributed by atoms with Gasteiger partial charge in [0.05, 0.1) is 0 Å². The van der Waals surface area contributed by atoms with Crippen LogP contribution in [0, 0.1) is 17.8 Å². The molecule has 1 nitrogen and oxygen atoms in total. The molecule has 0 saturated heterocycles. The fraction of sp³-hybridized carbons (Fsp3) is 0.500. The van der Waals surface area contributed by atoms with E-state index < -0.39 is 0 Å². The highest BCUT2D eigenvalue weighted by molar-refractivity contribution is 5.21. The van der Waals surface area contributed by atoms with Crippen LogP contribution in [0.15, 0.2) is 48.6 Å². The average molecular weight is 229 g/mol. The van der Waals surface area contributed by atoms with Gasteiger partial charge in [0.25, 0.3) is 0 Å². The van der Waals surface area contributed by atoms with E-state index >= 15 is 0 Å². The first-order chi connectivity index (χ1) is 8.18. The molecule has 2 aliphatic rings. The lowest BCUT2D eigenvalue weighted by Gasteiger charge is -2.31. The summed E-state index contributed by atoms with van der Waals surface area (Å²) in [6.07, 6.45) is 19.2. The number of rotatable bonds is 5. The Bertz CT molecular complexity index is 336. The van der Waals surface area contributed by atoms with Crippen molar-refractivity contribution in [3.8, 4) is 0 Å². The van der Waals surface area contributed by atoms with Crippen LogP contribution in [0.5, 0.6) is 0 Å². The zero-order valence-corrected chi connectivity index (χ0v) is 11.1. The minimum Gasteiger partial charge on any atom is -0.306 e. The van der Waals surface area contributed by atoms with Crippen molar-refractivity contribution in [1.82, 2.24) is 4.90 Å². The lowest BCUT2D eigenvalue weighted by atomic mass is 9.84. The summed E-state index contributed by atoms with van der Waals surface area (Å²) in [5, 5.41) is 0. The molecule has 0 aromatic carbocycles. The van der Waals surface area contributed by atoms with E-state index in [1.54, 1.807) is 0 Å². The predicted molar refractivity (Wildman–Crippen MR) is 74.8 cm³/mol. The minimum atomic E-state index is 0.585. The summed E-state index contributed by atoms with van der Waals surface area (Å²) in [6, 6.07) is 0.613. The molecule has 0 fully saturated rings. The van der Waals surface area contributed by atoms with Crippen molar-refractivity contribution in [3.63, 3.8) is 0 Å². The molecule has 0 spiro atoms. The van der Waals surface area contributed by atoms with Gasteiger partial charge >= 0.3 is 0 Å². The van der Waals surface area contributed by atoms with E-state index in [0.29, 0.717) is 23.8 Å². The summed E-state index contributed by atoms with van der Waals surface area (Å²) in [4.78, 5) is 2.36. The van der Waals surface area contributed by atoms with Crippen LogP contribution in [-0.4, -0.2) is 25.0 Å². The third kappa shape index (κ3) is 2.98. The molecule has 2 atom stereocenters. The van der Waals surface area contributed by atoms with Crippen molar-refractivity contribution in [2.75, 3.05) is 14.1 Å². The number of allylic oxidation sites excluding steroid dienone is 6. The van der Waals surface area contributed by atoms with Crippen LogP contribution in [0.4, 0.5) is 0 Å². The van der Waals surface area contributed by atoms with Gasteiger partial charge in [-0.25, -0.2) is 0 Å². The second-order valence-corrected chi connectivity index (χ2v) is 5.44. The minimum absolute atomic E-state index is 0.585. The first-order valence-electron chi connectivity index (χ1n) is 6.55. The zero-order valence-electron chi connectivity index (χ0n) is 11.1. The largest absolute Gasteiger partial charge is 0.306 e. The third-order valence-electron chi connectivity index (χ3n) is 3.93. The maximum atomic E-state index is 2.36. The third-order valence-corrected chi connectivity index (χ3v) is 3.93. The Morgan fingerprint density at radius 2 is 1.35 bits per heavy atom. The molecule has 0 aromatic heterocycles. The molecule has 92 valence electrons. The van der Waals surface area contributed by atoms with Crippen molar-refractivity contribution in [3.05, 3.63) is 48.6 Å². The number of hydrogen-bond donors (Lipinski definition) is 0. The van der Waals surface area contributed by atoms with E-state index in [1.165, 1.54) is 6.42 Å². The van der Waals surface area contributed by atoms with Crippen molar-refractivity contribution < 1.29 is 0 Å². The molecule has 2 aliphatic carbocycles. The van der Waals surface area contributed by atoms with Gasteiger partial charge in [-0.05, 0) is 32.4 Å². The first-order valence-corrected chi connectivity index (χ1v) is 6.55. The van der Waals surface area contributed by atoms with E-state index in [4.69, 9.17) is 0 Å². The second-order valence-electron chi connectivity index (χ2n) is 5.44. The SMILES string of the molecule is C[C@H](C[C@H](C1C=CC=C1)N(C)C)C1C=CC=C1. The standard InChI is InChI=1S/C16H23N/c1-13(14-8-4-5-9-14)12-16(17(2)3)15-10-6-7-11-15/h4-11,13-16H,12H2,1-3H3/t13-,16-/m1/s1. The molecule has 0 saturated carbocycles. The normalized spacial score (nSPS) is 23.1. The maximum Gasteiger partial charge on any atom is 0.0190 e. The molecule has 0 aliphatic heterocycles. The van der Waals surface area contributed by atoms with Crippen LogP contribution < -0.4 is 0 Å². The van der Waals surface area contributed by atoms with Crippen molar-refractivity contribution in [2.24, 2.45) is 17.8 Å². The summed E-state index contributed by atoms with van der Waals surface area (Å²) in [5.41, 5.74) is 0. The summed E-state index contributed by atoms with van der Waals surface area (Å²) < 4.78 is 0. The maximum absolute atomic E-state index is 2.36. The van der Waals surface area contributed by atoms with Crippen LogP contribution in [0.2, 0.25) is 0 Å². The van der Waals surface area contributed by atoms with Gasteiger partial charge in [0.15, 0.2) is 0 Å². The summed E-state index contributed by atoms with van der Waals surface area (Å²) in [7, 11) is 4.38. The molecule has 0 N–H and O–H groups in total. The molecule has 17 heavy (non-hydrogen) atoms. The summed E-state index contributed by atoms with van der Waals surface area (Å²) in [6.45, 7) is 2.36. The Hall–Kier alpha value is -1.08. The van der Waals surface area contributed by atoms with Gasteiger partial charge < -0.3 is 4.90 Å². The molecule has 0 radical (unpaired) electrons. The van der Waals surface area contributed by atoms with Crippen LogP contribution in [0.25, 0.3) is 0 Å². The Morgan fingerprint density at radius 3 is 1.82 bits per heavy atom. The van der Waals surface area contributed by atoms with Crippen molar-refractivity contribution in [1.29, 1.82) is 0 Å². The molecule has 0 bridgehead atoms. The molecule has 0 heterocycles. The van der Waals surface area contributed by atoms with Gasteiger partial charge in [-0.2, -0.15) is 0 Å². The molecular formula is C16H23N. The monoisotopic (exact) mass is 229 g/mol. The predicted octanol–water partition coefficient (Wildman–Crippen LogP) is 3.43. The van der Waals surface area contributed by atoms with Crippen LogP contribution in [-0.2, 0) is 0 Å². The van der Waals surface area contributed by atoms with Crippen molar-refractivity contribution >= 4 is 0 Å². The molecule has 2 rings (SSSR count). The van der Waals surface area contributed by atoms with Crippen LogP contribution in [0.3, 0.4) is 0 Å². The number of hydrogen-bond acceptors (Lipinski definition) is 1. The van der Waals surface area contributed by atoms with Gasteiger partial charge in [-0.3, -0.25) is 0 Å². The van der Waals surface area contributed by atoms with E-state index in [1.807, 2.05) is 0 Å². The highest BCUT2D eigenvalue weighted by atomic mass is 15.1. The smallest absolute Gasteiger partial charge is 0.0190 e. The van der Waals surface area contributed by atoms with Gasteiger partial charge in [0.1, 0.15) is 0 Å².